The molecule has 6 nitrogen and oxygen atoms in total. The Balaban J connectivity index is 1.73. The van der Waals surface area contributed by atoms with E-state index in [-0.39, 0.29) is 40.3 Å². The van der Waals surface area contributed by atoms with E-state index in [0.717, 1.165) is 38.5 Å². The van der Waals surface area contributed by atoms with Crippen molar-refractivity contribution in [3.63, 3.8) is 0 Å². The van der Waals surface area contributed by atoms with Crippen LogP contribution in [-0.4, -0.2) is 60.8 Å². The lowest BCUT2D eigenvalue weighted by Crippen LogP contribution is -2.58. The van der Waals surface area contributed by atoms with Gasteiger partial charge in [-0.05, 0) is 101 Å². The number of hydrogen-bond donors (Lipinski definition) is 5. The molecule has 206 valence electrons. The van der Waals surface area contributed by atoms with E-state index in [9.17, 15) is 30.3 Å². The van der Waals surface area contributed by atoms with Crippen LogP contribution < -0.4 is 0 Å². The normalized spacial score (nSPS) is 43.5. The Morgan fingerprint density at radius 1 is 1.06 bits per heavy atom. The molecule has 6 heteroatoms. The van der Waals surface area contributed by atoms with Gasteiger partial charge in [-0.25, -0.2) is 0 Å². The number of carbonyl (C=O) groups is 1. The van der Waals surface area contributed by atoms with Crippen molar-refractivity contribution in [3.05, 3.63) is 11.1 Å². The summed E-state index contributed by atoms with van der Waals surface area (Å²) in [5.74, 6) is -0.0829. The molecule has 0 aromatic rings. The van der Waals surface area contributed by atoms with Crippen molar-refractivity contribution in [2.45, 2.75) is 135 Å². The fourth-order valence-electron chi connectivity index (χ4n) is 9.01. The van der Waals surface area contributed by atoms with Gasteiger partial charge < -0.3 is 25.5 Å². The minimum absolute atomic E-state index is 0.132. The molecule has 4 aliphatic carbocycles. The zero-order chi connectivity index (χ0) is 26.8. The highest BCUT2D eigenvalue weighted by molar-refractivity contribution is 5.89. The van der Waals surface area contributed by atoms with Crippen molar-refractivity contribution in [2.24, 2.45) is 34.5 Å². The van der Waals surface area contributed by atoms with Gasteiger partial charge in [0.25, 0.3) is 0 Å². The van der Waals surface area contributed by atoms with Crippen LogP contribution in [0.1, 0.15) is 106 Å². The summed E-state index contributed by atoms with van der Waals surface area (Å²) in [5, 5.41) is 54.0. The molecule has 4 rings (SSSR count). The number of ketones is 1. The van der Waals surface area contributed by atoms with Crippen LogP contribution in [-0.2, 0) is 4.79 Å². The van der Waals surface area contributed by atoms with E-state index < -0.39 is 29.5 Å². The van der Waals surface area contributed by atoms with E-state index in [4.69, 9.17) is 0 Å². The standard InChI is InChI=1S/C30H50O6/c1-7-8-17-25-18-9-10-23(30(6,36)24(33)12-13-27(2,3)35)28(18,4)14-11-19(25)29(5)16-22(32)21(31)15-20(29)26(17)34/h17,19-24,31-33,35-36H,7-16H2,1-6H3/t17-,19-,20-,21+,22-,23-,24+,28-,29+,30+/m0/s1. The van der Waals surface area contributed by atoms with Gasteiger partial charge >= 0.3 is 0 Å². The molecule has 0 saturated heterocycles. The Kier molecular flexibility index (Phi) is 7.40. The molecule has 36 heavy (non-hydrogen) atoms. The summed E-state index contributed by atoms with van der Waals surface area (Å²) in [5.41, 5.74) is -0.287. The van der Waals surface area contributed by atoms with Crippen molar-refractivity contribution in [1.82, 2.24) is 0 Å². The Morgan fingerprint density at radius 2 is 1.72 bits per heavy atom. The SMILES string of the molecule is CCC[C@@H]1C(=O)[C@@H]2C[C@@H](O)[C@@H](O)C[C@]2(C)[C@H]2CC[C@@]3(C)C(=C12)CC[C@@H]3[C@@](C)(O)[C@H](O)CCC(C)(C)O. The summed E-state index contributed by atoms with van der Waals surface area (Å²) < 4.78 is 0. The second-order valence-electron chi connectivity index (χ2n) is 14.0. The molecule has 0 heterocycles. The lowest BCUT2D eigenvalue weighted by Gasteiger charge is -2.59. The third kappa shape index (κ3) is 4.43. The molecule has 3 fully saturated rings. The van der Waals surface area contributed by atoms with Gasteiger partial charge in [0.2, 0.25) is 0 Å². The molecule has 0 aromatic carbocycles. The molecular weight excluding hydrogens is 456 g/mol. The topological polar surface area (TPSA) is 118 Å². The van der Waals surface area contributed by atoms with E-state index >= 15 is 0 Å². The lowest BCUT2D eigenvalue weighted by molar-refractivity contribution is -0.155. The summed E-state index contributed by atoms with van der Waals surface area (Å²) in [6.45, 7) is 11.7. The van der Waals surface area contributed by atoms with Crippen LogP contribution in [0.25, 0.3) is 0 Å². The largest absolute Gasteiger partial charge is 0.390 e. The zero-order valence-corrected chi connectivity index (χ0v) is 23.3. The molecule has 0 spiro atoms. The Bertz CT molecular complexity index is 886. The van der Waals surface area contributed by atoms with E-state index in [1.54, 1.807) is 20.8 Å². The molecule has 4 aliphatic rings. The number of aliphatic hydroxyl groups excluding tert-OH is 3. The molecule has 0 amide bonds. The number of rotatable bonds is 7. The second kappa shape index (κ2) is 9.44. The first kappa shape index (κ1) is 28.2. The summed E-state index contributed by atoms with van der Waals surface area (Å²) in [6, 6.07) is 0. The van der Waals surface area contributed by atoms with Gasteiger partial charge in [-0.15, -0.1) is 0 Å². The highest BCUT2D eigenvalue weighted by Gasteiger charge is 2.63. The molecule has 5 N–H and O–H groups in total. The minimum atomic E-state index is -1.30. The van der Waals surface area contributed by atoms with Gasteiger partial charge in [0, 0.05) is 11.8 Å². The van der Waals surface area contributed by atoms with Gasteiger partial charge in [-0.1, -0.05) is 38.3 Å². The molecule has 0 unspecified atom stereocenters. The summed E-state index contributed by atoms with van der Waals surface area (Å²) in [6.07, 6.45) is 4.00. The average Bonchev–Trinajstić information content (AvgIpc) is 3.14. The number of aliphatic hydroxyl groups is 5. The smallest absolute Gasteiger partial charge is 0.143 e. The average molecular weight is 507 g/mol. The fraction of sp³-hybridized carbons (Fsp3) is 0.900. The van der Waals surface area contributed by atoms with Crippen LogP contribution in [0, 0.1) is 34.5 Å². The number of Topliss-reactive ketones (excluding diaryl/α,β-unsaturated/α-hetero) is 1. The number of carbonyl (C=O) groups excluding carboxylic acids is 1. The number of allylic oxidation sites excluding steroid dienone is 2. The maximum absolute atomic E-state index is 14.0. The maximum atomic E-state index is 14.0. The van der Waals surface area contributed by atoms with E-state index in [1.807, 2.05) is 0 Å². The summed E-state index contributed by atoms with van der Waals surface area (Å²) in [7, 11) is 0. The third-order valence-corrected chi connectivity index (χ3v) is 11.0. The van der Waals surface area contributed by atoms with Crippen molar-refractivity contribution in [1.29, 1.82) is 0 Å². The van der Waals surface area contributed by atoms with E-state index in [1.165, 1.54) is 11.1 Å². The fourth-order valence-corrected chi connectivity index (χ4v) is 9.01. The van der Waals surface area contributed by atoms with Crippen LogP contribution in [0.15, 0.2) is 11.1 Å². The summed E-state index contributed by atoms with van der Waals surface area (Å²) in [4.78, 5) is 14.0. The zero-order valence-electron chi connectivity index (χ0n) is 23.3. The first-order valence-corrected chi connectivity index (χ1v) is 14.3. The van der Waals surface area contributed by atoms with Crippen LogP contribution in [0.4, 0.5) is 0 Å². The number of fused-ring (bicyclic) bond motifs is 4. The van der Waals surface area contributed by atoms with E-state index in [2.05, 4.69) is 20.8 Å². The quantitative estimate of drug-likeness (QED) is 0.334. The molecule has 0 aromatic heterocycles. The highest BCUT2D eigenvalue weighted by Crippen LogP contribution is 2.67. The van der Waals surface area contributed by atoms with E-state index in [0.29, 0.717) is 25.7 Å². The van der Waals surface area contributed by atoms with Gasteiger partial charge in [0.05, 0.1) is 29.5 Å². The van der Waals surface area contributed by atoms with Crippen molar-refractivity contribution in [2.75, 3.05) is 0 Å². The van der Waals surface area contributed by atoms with Crippen molar-refractivity contribution >= 4 is 5.78 Å². The van der Waals surface area contributed by atoms with Gasteiger partial charge in [0.1, 0.15) is 5.78 Å². The predicted octanol–water partition coefficient (Wildman–Crippen LogP) is 3.91. The molecule has 0 bridgehead atoms. The Morgan fingerprint density at radius 3 is 2.33 bits per heavy atom. The minimum Gasteiger partial charge on any atom is -0.390 e. The van der Waals surface area contributed by atoms with Gasteiger partial charge in [-0.2, -0.15) is 0 Å². The highest BCUT2D eigenvalue weighted by atomic mass is 16.3. The Hall–Kier alpha value is -0.790. The predicted molar refractivity (Wildman–Crippen MR) is 139 cm³/mol. The summed E-state index contributed by atoms with van der Waals surface area (Å²) >= 11 is 0. The second-order valence-corrected chi connectivity index (χ2v) is 14.0. The van der Waals surface area contributed by atoms with Crippen molar-refractivity contribution < 1.29 is 30.3 Å². The van der Waals surface area contributed by atoms with Gasteiger partial charge in [-0.3, -0.25) is 4.79 Å². The monoisotopic (exact) mass is 506 g/mol. The van der Waals surface area contributed by atoms with Crippen LogP contribution in [0.2, 0.25) is 0 Å². The maximum Gasteiger partial charge on any atom is 0.143 e. The Labute approximate surface area is 217 Å². The van der Waals surface area contributed by atoms with Crippen LogP contribution in [0.5, 0.6) is 0 Å². The molecular formula is C30H50O6. The lowest BCUT2D eigenvalue weighted by atomic mass is 9.45. The van der Waals surface area contributed by atoms with Crippen LogP contribution >= 0.6 is 0 Å². The third-order valence-electron chi connectivity index (χ3n) is 11.0. The first-order valence-electron chi connectivity index (χ1n) is 14.3. The van der Waals surface area contributed by atoms with Crippen LogP contribution in [0.3, 0.4) is 0 Å². The van der Waals surface area contributed by atoms with Gasteiger partial charge in [0.15, 0.2) is 0 Å². The van der Waals surface area contributed by atoms with Crippen molar-refractivity contribution in [3.8, 4) is 0 Å². The number of hydrogen-bond acceptors (Lipinski definition) is 6. The molecule has 3 saturated carbocycles. The first-order chi connectivity index (χ1) is 16.6. The molecule has 0 radical (unpaired) electrons. The molecule has 10 atom stereocenters. The molecule has 0 aliphatic heterocycles.